The van der Waals surface area contributed by atoms with E-state index in [1.54, 1.807) is 0 Å². The molecule has 0 aliphatic carbocycles. The minimum Gasteiger partial charge on any atom is -0.495 e. The Balaban J connectivity index is 2.49. The van der Waals surface area contributed by atoms with Crippen molar-refractivity contribution < 1.29 is 23.8 Å². The van der Waals surface area contributed by atoms with Crippen molar-refractivity contribution in [1.29, 1.82) is 0 Å². The van der Waals surface area contributed by atoms with Gasteiger partial charge in [-0.25, -0.2) is 9.59 Å². The molecule has 0 unspecified atom stereocenters. The number of esters is 2. The van der Waals surface area contributed by atoms with Crippen molar-refractivity contribution in [3.05, 3.63) is 33.3 Å². The van der Waals surface area contributed by atoms with Crippen LogP contribution in [0.25, 0.3) is 6.08 Å². The van der Waals surface area contributed by atoms with E-state index in [-0.39, 0.29) is 10.6 Å². The predicted octanol–water partition coefficient (Wildman–Crippen LogP) is 3.22. The number of ether oxygens (including phenoxy) is 3. The molecule has 1 heterocycles. The molecule has 0 bridgehead atoms. The lowest BCUT2D eigenvalue weighted by Gasteiger charge is -2.29. The highest BCUT2D eigenvalue weighted by molar-refractivity contribution is 6.36. The standard InChI is InChI=1S/C14H12Cl2O5/c1-14(2)20-12(17)9(13(18)21-14)5-7-4-8(15)6-10(16)11(7)19-3/h4-6H,1-3H3. The number of halogens is 2. The molecule has 1 aliphatic rings. The van der Waals surface area contributed by atoms with E-state index in [9.17, 15) is 9.59 Å². The van der Waals surface area contributed by atoms with Gasteiger partial charge >= 0.3 is 11.9 Å². The lowest BCUT2D eigenvalue weighted by atomic mass is 10.1. The van der Waals surface area contributed by atoms with E-state index in [2.05, 4.69) is 0 Å². The first-order valence-electron chi connectivity index (χ1n) is 5.95. The fraction of sp³-hybridized carbons (Fsp3) is 0.286. The van der Waals surface area contributed by atoms with Crippen LogP contribution in [0.3, 0.4) is 0 Å². The number of hydrogen-bond donors (Lipinski definition) is 0. The molecule has 1 aromatic rings. The number of cyclic esters (lactones) is 2. The van der Waals surface area contributed by atoms with Crippen LogP contribution in [0.1, 0.15) is 19.4 Å². The van der Waals surface area contributed by atoms with Crippen molar-refractivity contribution in [3.8, 4) is 5.75 Å². The summed E-state index contributed by atoms with van der Waals surface area (Å²) in [6, 6.07) is 3.00. The van der Waals surface area contributed by atoms with Gasteiger partial charge in [0.2, 0.25) is 0 Å². The van der Waals surface area contributed by atoms with Crippen molar-refractivity contribution >= 4 is 41.2 Å². The highest BCUT2D eigenvalue weighted by atomic mass is 35.5. The Hall–Kier alpha value is -1.72. The summed E-state index contributed by atoms with van der Waals surface area (Å²) in [6.45, 7) is 2.94. The Bertz CT molecular complexity index is 627. The number of benzene rings is 1. The van der Waals surface area contributed by atoms with E-state index in [1.807, 2.05) is 0 Å². The van der Waals surface area contributed by atoms with Crippen molar-refractivity contribution in [1.82, 2.24) is 0 Å². The van der Waals surface area contributed by atoms with Gasteiger partial charge in [0, 0.05) is 24.4 Å². The van der Waals surface area contributed by atoms with Crippen molar-refractivity contribution in [2.45, 2.75) is 19.6 Å². The lowest BCUT2D eigenvalue weighted by molar-refractivity contribution is -0.222. The van der Waals surface area contributed by atoms with Gasteiger partial charge in [0.15, 0.2) is 0 Å². The van der Waals surface area contributed by atoms with Gasteiger partial charge in [-0.3, -0.25) is 0 Å². The minimum absolute atomic E-state index is 0.258. The average Bonchev–Trinajstić information content (AvgIpc) is 2.32. The normalized spacial score (nSPS) is 17.1. The molecule has 0 N–H and O–H groups in total. The summed E-state index contributed by atoms with van der Waals surface area (Å²) >= 11 is 11.9. The Kier molecular flexibility index (Phi) is 4.16. The van der Waals surface area contributed by atoms with E-state index in [1.165, 1.54) is 39.2 Å². The van der Waals surface area contributed by atoms with Crippen LogP contribution in [0.15, 0.2) is 17.7 Å². The molecule has 1 aromatic carbocycles. The molecule has 0 radical (unpaired) electrons. The third-order valence-corrected chi connectivity index (χ3v) is 3.16. The summed E-state index contributed by atoms with van der Waals surface area (Å²) in [5, 5.41) is 0.597. The zero-order valence-corrected chi connectivity index (χ0v) is 13.0. The molecule has 0 aromatic heterocycles. The Morgan fingerprint density at radius 1 is 1.14 bits per heavy atom. The van der Waals surface area contributed by atoms with Crippen LogP contribution in [0.4, 0.5) is 0 Å². The molecule has 0 spiro atoms. The largest absolute Gasteiger partial charge is 0.495 e. The van der Waals surface area contributed by atoms with Gasteiger partial charge < -0.3 is 14.2 Å². The van der Waals surface area contributed by atoms with Crippen LogP contribution in [-0.4, -0.2) is 24.8 Å². The van der Waals surface area contributed by atoms with E-state index >= 15 is 0 Å². The van der Waals surface area contributed by atoms with Crippen molar-refractivity contribution in [2.24, 2.45) is 0 Å². The monoisotopic (exact) mass is 330 g/mol. The van der Waals surface area contributed by atoms with E-state index in [0.717, 1.165) is 0 Å². The maximum Gasteiger partial charge on any atom is 0.348 e. The first-order chi connectivity index (χ1) is 9.73. The second-order valence-electron chi connectivity index (χ2n) is 4.75. The predicted molar refractivity (Wildman–Crippen MR) is 77.3 cm³/mol. The molecule has 0 amide bonds. The average molecular weight is 331 g/mol. The van der Waals surface area contributed by atoms with Crippen molar-refractivity contribution in [3.63, 3.8) is 0 Å². The topological polar surface area (TPSA) is 61.8 Å². The molecule has 0 atom stereocenters. The molecular weight excluding hydrogens is 319 g/mol. The molecule has 1 aliphatic heterocycles. The van der Waals surface area contributed by atoms with Crippen LogP contribution in [0, 0.1) is 0 Å². The second-order valence-corrected chi connectivity index (χ2v) is 5.59. The number of methoxy groups -OCH3 is 1. The summed E-state index contributed by atoms with van der Waals surface area (Å²) in [5.41, 5.74) is 0.115. The zero-order chi connectivity index (χ0) is 15.8. The van der Waals surface area contributed by atoms with Gasteiger partial charge in [0.05, 0.1) is 12.1 Å². The smallest absolute Gasteiger partial charge is 0.348 e. The van der Waals surface area contributed by atoms with Crippen molar-refractivity contribution in [2.75, 3.05) is 7.11 Å². The fourth-order valence-corrected chi connectivity index (χ4v) is 2.42. The first kappa shape index (κ1) is 15.7. The Morgan fingerprint density at radius 2 is 1.71 bits per heavy atom. The van der Waals surface area contributed by atoms with Gasteiger partial charge in [-0.2, -0.15) is 0 Å². The quantitative estimate of drug-likeness (QED) is 0.473. The van der Waals surface area contributed by atoms with Gasteiger partial charge in [-0.05, 0) is 18.2 Å². The summed E-state index contributed by atoms with van der Waals surface area (Å²) in [7, 11) is 1.41. The lowest BCUT2D eigenvalue weighted by Crippen LogP contribution is -2.41. The van der Waals surface area contributed by atoms with Crippen LogP contribution < -0.4 is 4.74 Å². The molecule has 1 saturated heterocycles. The Labute approximate surface area is 131 Å². The minimum atomic E-state index is -1.29. The summed E-state index contributed by atoms with van der Waals surface area (Å²) in [6.07, 6.45) is 1.27. The summed E-state index contributed by atoms with van der Waals surface area (Å²) in [4.78, 5) is 23.8. The van der Waals surface area contributed by atoms with Crippen LogP contribution in [-0.2, 0) is 19.1 Å². The summed E-state index contributed by atoms with van der Waals surface area (Å²) < 4.78 is 15.2. The summed E-state index contributed by atoms with van der Waals surface area (Å²) in [5.74, 6) is -2.57. The molecule has 5 nitrogen and oxygen atoms in total. The molecule has 1 fully saturated rings. The number of carbonyl (C=O) groups excluding carboxylic acids is 2. The Morgan fingerprint density at radius 3 is 2.24 bits per heavy atom. The molecule has 0 saturated carbocycles. The maximum absolute atomic E-state index is 11.9. The molecule has 7 heteroatoms. The number of carbonyl (C=O) groups is 2. The van der Waals surface area contributed by atoms with E-state index < -0.39 is 17.7 Å². The molecule has 2 rings (SSSR count). The van der Waals surface area contributed by atoms with Gasteiger partial charge in [-0.15, -0.1) is 0 Å². The highest BCUT2D eigenvalue weighted by Gasteiger charge is 2.39. The molecular formula is C14H12Cl2O5. The molecule has 112 valence electrons. The van der Waals surface area contributed by atoms with Crippen LogP contribution in [0.5, 0.6) is 5.75 Å². The van der Waals surface area contributed by atoms with Crippen LogP contribution >= 0.6 is 23.2 Å². The maximum atomic E-state index is 11.9. The van der Waals surface area contributed by atoms with Gasteiger partial charge in [0.25, 0.3) is 5.79 Å². The highest BCUT2D eigenvalue weighted by Crippen LogP contribution is 2.34. The second kappa shape index (κ2) is 5.58. The fourth-order valence-electron chi connectivity index (χ4n) is 1.84. The third kappa shape index (κ3) is 3.31. The van der Waals surface area contributed by atoms with E-state index in [4.69, 9.17) is 37.4 Å². The first-order valence-corrected chi connectivity index (χ1v) is 6.70. The number of hydrogen-bond acceptors (Lipinski definition) is 5. The van der Waals surface area contributed by atoms with Gasteiger partial charge in [-0.1, -0.05) is 23.2 Å². The SMILES string of the molecule is COc1c(Cl)cc(Cl)cc1C=C1C(=O)OC(C)(C)OC1=O. The number of rotatable bonds is 2. The van der Waals surface area contributed by atoms with E-state index in [0.29, 0.717) is 16.3 Å². The van der Waals surface area contributed by atoms with Crippen LogP contribution in [0.2, 0.25) is 10.0 Å². The third-order valence-electron chi connectivity index (χ3n) is 2.66. The zero-order valence-electron chi connectivity index (χ0n) is 11.5. The molecule has 21 heavy (non-hydrogen) atoms. The van der Waals surface area contributed by atoms with Gasteiger partial charge in [0.1, 0.15) is 11.3 Å².